The second kappa shape index (κ2) is 7.47. The van der Waals surface area contributed by atoms with Crippen molar-refractivity contribution in [2.45, 2.75) is 61.6 Å². The van der Waals surface area contributed by atoms with Gasteiger partial charge in [0, 0.05) is 0 Å². The number of ether oxygens (including phenoxy) is 4. The minimum atomic E-state index is -1.95. The maximum absolute atomic E-state index is 17.5. The molecule has 10 aliphatic carbocycles. The van der Waals surface area contributed by atoms with Crippen molar-refractivity contribution in [1.29, 1.82) is 0 Å². The highest BCUT2D eigenvalue weighted by Gasteiger charge is 3.08. The van der Waals surface area contributed by atoms with Gasteiger partial charge in [-0.2, -0.15) is 0 Å². The molecule has 82 heavy (non-hydrogen) atoms. The Morgan fingerprint density at radius 1 is 0.305 bits per heavy atom. The van der Waals surface area contributed by atoms with Gasteiger partial charge in [-0.25, -0.2) is 0 Å². The van der Waals surface area contributed by atoms with Crippen LogP contribution in [0.1, 0.15) is 72.2 Å². The smallest absolute Gasteiger partial charge is 0.326 e. The van der Waals surface area contributed by atoms with Crippen molar-refractivity contribution in [3.8, 4) is 0 Å². The number of carbonyl (C=O) groups is 4. The number of rotatable bonds is 4. The summed E-state index contributed by atoms with van der Waals surface area (Å²) in [4.78, 5) is 69.4. The molecule has 35 rings (SSSR count). The lowest BCUT2D eigenvalue weighted by atomic mass is 9.60. The standard InChI is InChI=1S/C74H18O8/c1-5-79-65(75)73-67(77)81-7(3)8(4)82-68(78)74(66(76)80-6-2)70-58-46-38-30-22-14-9-10-12-15-19-13(10)21-17-11(9)16-20(14)32(38)40-34-23(16)27-25(17)35-29(21)37-31(19)39-33-24(15)28-26(18(12)22)36(30)50(58)52-42(28)43(33)53-56(62(52)70)63-64-55-54(60(48(40)46)72(64,70)74)44(34)41(27)51-49(35)57-45(37)47(39)59(53)71(63,73)69(57,73)61(51)55/h7-8H,5-6H2,1-4H3/t7-,8-,69?,70?,71?,72?,73?,74?/m1/s1. The zero-order valence-corrected chi connectivity index (χ0v) is 42.8. The van der Waals surface area contributed by atoms with Crippen molar-refractivity contribution >= 4 is 283 Å². The number of benzene rings is 16. The normalized spacial score (nSPS) is 31.9. The molecule has 8 heteroatoms. The van der Waals surface area contributed by atoms with Gasteiger partial charge >= 0.3 is 23.9 Å². The van der Waals surface area contributed by atoms with E-state index in [1.807, 2.05) is 13.8 Å². The molecule has 0 saturated heterocycles. The average molecular weight is 1030 g/mol. The predicted molar refractivity (Wildman–Crippen MR) is 316 cm³/mol. The van der Waals surface area contributed by atoms with Crippen molar-refractivity contribution in [2.75, 3.05) is 13.2 Å². The molecule has 8 atom stereocenters. The maximum Gasteiger partial charge on any atom is 0.326 e. The predicted octanol–water partition coefficient (Wildman–Crippen LogP) is 14.8. The van der Waals surface area contributed by atoms with Crippen LogP contribution in [0.25, 0.3) is 259 Å². The van der Waals surface area contributed by atoms with E-state index in [4.69, 9.17) is 18.9 Å². The number of cyclic esters (lactones) is 2. The van der Waals surface area contributed by atoms with Gasteiger partial charge in [-0.1, -0.05) is 0 Å². The summed E-state index contributed by atoms with van der Waals surface area (Å²) >= 11 is 0. The van der Waals surface area contributed by atoms with E-state index in [0.29, 0.717) is 0 Å². The molecule has 24 aromatic carbocycles. The summed E-state index contributed by atoms with van der Waals surface area (Å²) in [5.41, 5.74) is 1.48. The SMILES string of the molecule is CCOC(=O)C12C(=O)O[C@H](C)[C@@H](C)OC(=O)C3(C(=O)OCC)C45C6=C7c8c9c%10c%11c(c%12c%13c4c4c6c6c%14c%15c%16c%17c%18c(c8c8c%10c%10c%19c%11c%11c%12c%12c%13c%13c4c%14c4c%14c%15c%15c%17c%17c%18c8c%10c8c%17c%10c%15c%14c%14c(c%134)c%12c4c%11c%19c8c%10c4%14)C71C6%162)C935. The minimum absolute atomic E-state index is 0.0756. The lowest BCUT2D eigenvalue weighted by Crippen LogP contribution is -2.44. The third-order valence-corrected chi connectivity index (χ3v) is 29.3. The van der Waals surface area contributed by atoms with Crippen LogP contribution in [0.5, 0.6) is 0 Å². The summed E-state index contributed by atoms with van der Waals surface area (Å²) in [6, 6.07) is 0. The molecule has 24 aromatic rings. The molecule has 4 bridgehead atoms. The summed E-state index contributed by atoms with van der Waals surface area (Å²) in [6.07, 6.45) is -2.00. The van der Waals surface area contributed by atoms with Crippen LogP contribution in [0.4, 0.5) is 0 Å². The van der Waals surface area contributed by atoms with Gasteiger partial charge in [0.2, 0.25) is 0 Å². The van der Waals surface area contributed by atoms with Gasteiger partial charge in [-0.05, 0) is 331 Å². The lowest BCUT2D eigenvalue weighted by molar-refractivity contribution is -0.182. The lowest BCUT2D eigenvalue weighted by Gasteiger charge is -2.39. The van der Waals surface area contributed by atoms with E-state index in [9.17, 15) is 0 Å². The largest absolute Gasteiger partial charge is 0.465 e. The summed E-state index contributed by atoms with van der Waals surface area (Å²) in [5, 5.41) is 61.3. The molecule has 0 amide bonds. The first kappa shape index (κ1) is 33.4. The van der Waals surface area contributed by atoms with E-state index in [1.54, 1.807) is 13.8 Å². The fourth-order valence-electron chi connectivity index (χ4n) is 29.2. The van der Waals surface area contributed by atoms with Crippen molar-refractivity contribution in [2.24, 2.45) is 10.8 Å². The number of carbonyl (C=O) groups excluding carboxylic acids is 4. The molecular formula is C74H18O8. The van der Waals surface area contributed by atoms with Crippen molar-refractivity contribution in [3.63, 3.8) is 0 Å². The number of allylic oxidation sites excluding steroid dienone is 2. The van der Waals surface area contributed by atoms with Crippen LogP contribution in [0, 0.1) is 10.8 Å². The van der Waals surface area contributed by atoms with Gasteiger partial charge < -0.3 is 18.9 Å². The van der Waals surface area contributed by atoms with Crippen LogP contribution in [-0.4, -0.2) is 49.3 Å². The Labute approximate surface area is 448 Å². The van der Waals surface area contributed by atoms with Crippen LogP contribution in [0.15, 0.2) is 0 Å². The second-order valence-corrected chi connectivity index (χ2v) is 29.2. The fourth-order valence-corrected chi connectivity index (χ4v) is 29.2. The summed E-state index contributed by atoms with van der Waals surface area (Å²) in [7, 11) is 0. The van der Waals surface area contributed by atoms with Gasteiger partial charge in [-0.3, -0.25) is 19.2 Å². The van der Waals surface area contributed by atoms with Gasteiger partial charge in [0.05, 0.1) is 34.9 Å². The summed E-state index contributed by atoms with van der Waals surface area (Å²) in [6.45, 7) is 7.52. The molecular weight excluding hydrogens is 1020 g/mol. The Morgan fingerprint density at radius 2 is 0.500 bits per heavy atom. The van der Waals surface area contributed by atoms with E-state index in [2.05, 4.69) is 0 Å². The van der Waals surface area contributed by atoms with E-state index >= 15 is 19.2 Å². The molecule has 6 unspecified atom stereocenters. The third kappa shape index (κ3) is 1.68. The number of esters is 4. The maximum atomic E-state index is 17.5. The first-order chi connectivity index (χ1) is 40.3. The molecule has 2 fully saturated rings. The first-order valence-electron chi connectivity index (χ1n) is 30.1. The third-order valence-electron chi connectivity index (χ3n) is 29.3. The van der Waals surface area contributed by atoms with Crippen LogP contribution >= 0.6 is 0 Å². The molecule has 362 valence electrons. The number of hydrogen-bond acceptors (Lipinski definition) is 8. The molecule has 2 saturated carbocycles. The topological polar surface area (TPSA) is 105 Å². The van der Waals surface area contributed by atoms with Gasteiger partial charge in [0.15, 0.2) is 10.8 Å². The van der Waals surface area contributed by atoms with E-state index in [-0.39, 0.29) is 13.2 Å². The molecule has 4 spiro atoms. The van der Waals surface area contributed by atoms with Gasteiger partial charge in [0.1, 0.15) is 12.2 Å². The molecule has 8 nitrogen and oxygen atoms in total. The number of hydrogen-bond donors (Lipinski definition) is 0. The van der Waals surface area contributed by atoms with Crippen LogP contribution in [-0.2, 0) is 59.8 Å². The summed E-state index contributed by atoms with van der Waals surface area (Å²) < 4.78 is 27.7. The molecule has 0 aromatic heterocycles. The highest BCUT2D eigenvalue weighted by molar-refractivity contribution is 6.80. The van der Waals surface area contributed by atoms with Crippen molar-refractivity contribution < 1.29 is 38.1 Å². The molecule has 1 heterocycles. The van der Waals surface area contributed by atoms with E-state index < -0.39 is 68.6 Å². The Bertz CT molecular complexity index is 7420. The monoisotopic (exact) mass is 1030 g/mol. The quantitative estimate of drug-likeness (QED) is 0.0743. The van der Waals surface area contributed by atoms with Crippen LogP contribution in [0.2, 0.25) is 0 Å². The van der Waals surface area contributed by atoms with Crippen molar-refractivity contribution in [1.82, 2.24) is 0 Å². The molecule has 1 aliphatic heterocycles. The van der Waals surface area contributed by atoms with Crippen LogP contribution in [0.3, 0.4) is 0 Å². The van der Waals surface area contributed by atoms with Gasteiger partial charge in [-0.15, -0.1) is 0 Å². The second-order valence-electron chi connectivity index (χ2n) is 29.2. The van der Waals surface area contributed by atoms with E-state index in [0.717, 1.165) is 66.4 Å². The molecule has 0 radical (unpaired) electrons. The molecule has 11 aliphatic rings. The first-order valence-corrected chi connectivity index (χ1v) is 30.1. The van der Waals surface area contributed by atoms with E-state index in [1.165, 1.54) is 237 Å². The fraction of sp³-hybridized carbons (Fsp3) is 0.189. The van der Waals surface area contributed by atoms with Crippen molar-refractivity contribution in [3.05, 3.63) is 44.5 Å². The Hall–Kier alpha value is -9.40. The Kier molecular flexibility index (Phi) is 3.04. The average Bonchev–Trinajstić information content (AvgIpc) is 1.34. The van der Waals surface area contributed by atoms with Crippen LogP contribution < -0.4 is 0 Å². The minimum Gasteiger partial charge on any atom is -0.465 e. The molecule has 0 N–H and O–H groups in total. The van der Waals surface area contributed by atoms with Gasteiger partial charge in [0.25, 0.3) is 0 Å². The summed E-state index contributed by atoms with van der Waals surface area (Å²) in [5.74, 6) is -2.27. The Morgan fingerprint density at radius 3 is 0.732 bits per heavy atom. The zero-order valence-electron chi connectivity index (χ0n) is 42.8. The highest BCUT2D eigenvalue weighted by Crippen LogP contribution is 3.05. The zero-order chi connectivity index (χ0) is 51.0. The Balaban J connectivity index is 1.09. The highest BCUT2D eigenvalue weighted by atomic mass is 16.6.